The van der Waals surface area contributed by atoms with Gasteiger partial charge < -0.3 is 5.11 Å². The van der Waals surface area contributed by atoms with E-state index in [0.29, 0.717) is 6.42 Å². The Kier molecular flexibility index (Phi) is 2.29. The largest absolute Gasteiger partial charge is 0.389 e. The van der Waals surface area contributed by atoms with Gasteiger partial charge in [0.2, 0.25) is 0 Å². The highest BCUT2D eigenvalue weighted by atomic mass is 32.1. The maximum atomic E-state index is 11.4. The molecule has 1 atom stereocenters. The fourth-order valence-electron chi connectivity index (χ4n) is 1.78. The molecule has 0 saturated carbocycles. The molecular weight excluding hydrogens is 196 g/mol. The normalized spacial score (nSPS) is 27.6. The van der Waals surface area contributed by atoms with Crippen LogP contribution in [-0.4, -0.2) is 16.5 Å². The molecule has 0 amide bonds. The Hall–Kier alpha value is -0.930. The fourth-order valence-corrected chi connectivity index (χ4v) is 2.46. The lowest BCUT2D eigenvalue weighted by molar-refractivity contribution is -0.119. The molecule has 0 radical (unpaired) electrons. The van der Waals surface area contributed by atoms with Gasteiger partial charge in [-0.25, -0.2) is 0 Å². The van der Waals surface area contributed by atoms with E-state index in [0.717, 1.165) is 11.1 Å². The number of ketones is 1. The quantitative estimate of drug-likeness (QED) is 0.768. The predicted molar refractivity (Wildman–Crippen MR) is 57.2 cm³/mol. The van der Waals surface area contributed by atoms with Crippen LogP contribution in [0.1, 0.15) is 25.3 Å². The van der Waals surface area contributed by atoms with Gasteiger partial charge in [0.05, 0.1) is 5.60 Å². The van der Waals surface area contributed by atoms with Gasteiger partial charge in [-0.05, 0) is 41.0 Å². The number of carbonyl (C=O) groups excluding carboxylic acids is 1. The van der Waals surface area contributed by atoms with E-state index in [4.69, 9.17) is 0 Å². The van der Waals surface area contributed by atoms with Gasteiger partial charge in [-0.2, -0.15) is 11.3 Å². The summed E-state index contributed by atoms with van der Waals surface area (Å²) in [5.74, 6) is 0.0162. The lowest BCUT2D eigenvalue weighted by atomic mass is 9.83. The van der Waals surface area contributed by atoms with Gasteiger partial charge in [-0.3, -0.25) is 4.79 Å². The molecule has 1 aromatic heterocycles. The second-order valence-electron chi connectivity index (χ2n) is 4.00. The predicted octanol–water partition coefficient (Wildman–Crippen LogP) is 2.25. The second-order valence-corrected chi connectivity index (χ2v) is 4.78. The van der Waals surface area contributed by atoms with Crippen molar-refractivity contribution < 1.29 is 9.90 Å². The van der Waals surface area contributed by atoms with E-state index in [1.807, 2.05) is 16.8 Å². The van der Waals surface area contributed by atoms with Crippen LogP contribution in [0.5, 0.6) is 0 Å². The lowest BCUT2D eigenvalue weighted by Gasteiger charge is -2.27. The van der Waals surface area contributed by atoms with Gasteiger partial charge in [0, 0.05) is 12.8 Å². The maximum absolute atomic E-state index is 11.4. The minimum atomic E-state index is -0.872. The van der Waals surface area contributed by atoms with Crippen molar-refractivity contribution in [2.75, 3.05) is 0 Å². The maximum Gasteiger partial charge on any atom is 0.158 e. The van der Waals surface area contributed by atoms with E-state index in [-0.39, 0.29) is 12.2 Å². The molecule has 2 nitrogen and oxygen atoms in total. The summed E-state index contributed by atoms with van der Waals surface area (Å²) in [5.41, 5.74) is 1.14. The van der Waals surface area contributed by atoms with Crippen LogP contribution in [0.3, 0.4) is 0 Å². The Morgan fingerprint density at radius 3 is 2.86 bits per heavy atom. The van der Waals surface area contributed by atoms with Crippen molar-refractivity contribution in [2.45, 2.75) is 25.4 Å². The fraction of sp³-hybridized carbons (Fsp3) is 0.364. The van der Waals surface area contributed by atoms with Crippen LogP contribution >= 0.6 is 11.3 Å². The van der Waals surface area contributed by atoms with Gasteiger partial charge in [0.1, 0.15) is 0 Å². The van der Waals surface area contributed by atoms with Gasteiger partial charge in [0.15, 0.2) is 5.78 Å². The third-order valence-electron chi connectivity index (χ3n) is 2.35. The van der Waals surface area contributed by atoms with Crippen molar-refractivity contribution in [3.05, 3.63) is 28.5 Å². The zero-order valence-corrected chi connectivity index (χ0v) is 8.80. The molecule has 0 saturated heterocycles. The van der Waals surface area contributed by atoms with Gasteiger partial charge in [-0.15, -0.1) is 0 Å². The molecule has 1 aromatic rings. The monoisotopic (exact) mass is 208 g/mol. The molecule has 14 heavy (non-hydrogen) atoms. The van der Waals surface area contributed by atoms with Crippen molar-refractivity contribution in [3.63, 3.8) is 0 Å². The number of allylic oxidation sites excluding steroid dienone is 1. The highest BCUT2D eigenvalue weighted by Gasteiger charge is 2.29. The SMILES string of the molecule is CC1(O)CC(=O)C=C(c2ccsc2)C1. The Morgan fingerprint density at radius 1 is 1.50 bits per heavy atom. The number of aliphatic hydroxyl groups is 1. The van der Waals surface area contributed by atoms with Crippen LogP contribution in [-0.2, 0) is 4.79 Å². The van der Waals surface area contributed by atoms with Crippen molar-refractivity contribution in [2.24, 2.45) is 0 Å². The summed E-state index contributed by atoms with van der Waals surface area (Å²) in [7, 11) is 0. The molecule has 0 spiro atoms. The van der Waals surface area contributed by atoms with Crippen molar-refractivity contribution in [1.29, 1.82) is 0 Å². The van der Waals surface area contributed by atoms with Crippen LogP contribution in [0.4, 0.5) is 0 Å². The first-order chi connectivity index (χ1) is 6.57. The summed E-state index contributed by atoms with van der Waals surface area (Å²) >= 11 is 1.60. The van der Waals surface area contributed by atoms with E-state index in [2.05, 4.69) is 0 Å². The molecule has 1 aliphatic rings. The molecule has 0 aromatic carbocycles. The Bertz CT molecular complexity index is 374. The Balaban J connectivity index is 2.33. The Morgan fingerprint density at radius 2 is 2.29 bits per heavy atom. The van der Waals surface area contributed by atoms with E-state index >= 15 is 0 Å². The average molecular weight is 208 g/mol. The minimum Gasteiger partial charge on any atom is -0.389 e. The standard InChI is InChI=1S/C11H12O2S/c1-11(13)5-9(4-10(12)6-11)8-2-3-14-7-8/h2-4,7,13H,5-6H2,1H3. The van der Waals surface area contributed by atoms with Gasteiger partial charge >= 0.3 is 0 Å². The summed E-state index contributed by atoms with van der Waals surface area (Å²) in [6.07, 6.45) is 2.45. The number of hydrogen-bond donors (Lipinski definition) is 1. The summed E-state index contributed by atoms with van der Waals surface area (Å²) in [4.78, 5) is 11.4. The summed E-state index contributed by atoms with van der Waals surface area (Å²) in [5, 5.41) is 13.8. The molecule has 1 unspecified atom stereocenters. The highest BCUT2D eigenvalue weighted by molar-refractivity contribution is 7.08. The molecular formula is C11H12O2S. The van der Waals surface area contributed by atoms with Gasteiger partial charge in [-0.1, -0.05) is 0 Å². The van der Waals surface area contributed by atoms with Crippen LogP contribution in [0.15, 0.2) is 22.9 Å². The van der Waals surface area contributed by atoms with Crippen LogP contribution < -0.4 is 0 Å². The van der Waals surface area contributed by atoms with Crippen LogP contribution in [0, 0.1) is 0 Å². The van der Waals surface area contributed by atoms with Crippen molar-refractivity contribution in [3.8, 4) is 0 Å². The molecule has 1 heterocycles. The third kappa shape index (κ3) is 1.94. The average Bonchev–Trinajstić information content (AvgIpc) is 2.51. The molecule has 0 bridgehead atoms. The molecule has 1 aliphatic carbocycles. The van der Waals surface area contributed by atoms with Crippen LogP contribution in [0.2, 0.25) is 0 Å². The molecule has 0 aliphatic heterocycles. The summed E-state index contributed by atoms with van der Waals surface area (Å²) in [6, 6.07) is 1.98. The zero-order chi connectivity index (χ0) is 10.2. The third-order valence-corrected chi connectivity index (χ3v) is 3.04. The molecule has 1 N–H and O–H groups in total. The smallest absolute Gasteiger partial charge is 0.158 e. The van der Waals surface area contributed by atoms with Crippen molar-refractivity contribution in [1.82, 2.24) is 0 Å². The van der Waals surface area contributed by atoms with Crippen molar-refractivity contribution >= 4 is 22.7 Å². The Labute approximate surface area is 86.9 Å². The minimum absolute atomic E-state index is 0.0162. The summed E-state index contributed by atoms with van der Waals surface area (Å²) in [6.45, 7) is 1.71. The van der Waals surface area contributed by atoms with Crippen LogP contribution in [0.25, 0.3) is 5.57 Å². The summed E-state index contributed by atoms with van der Waals surface area (Å²) < 4.78 is 0. The molecule has 74 valence electrons. The van der Waals surface area contributed by atoms with E-state index in [1.54, 1.807) is 24.3 Å². The number of rotatable bonds is 1. The van der Waals surface area contributed by atoms with Gasteiger partial charge in [0.25, 0.3) is 0 Å². The molecule has 2 rings (SSSR count). The first kappa shape index (κ1) is 9.62. The van der Waals surface area contributed by atoms with E-state index in [1.165, 1.54) is 0 Å². The molecule has 3 heteroatoms. The first-order valence-corrected chi connectivity index (χ1v) is 5.49. The van der Waals surface area contributed by atoms with E-state index < -0.39 is 5.60 Å². The number of hydrogen-bond acceptors (Lipinski definition) is 3. The molecule has 0 fully saturated rings. The number of thiophene rings is 1. The topological polar surface area (TPSA) is 37.3 Å². The lowest BCUT2D eigenvalue weighted by Crippen LogP contribution is -2.30. The highest BCUT2D eigenvalue weighted by Crippen LogP contribution is 2.32. The van der Waals surface area contributed by atoms with E-state index in [9.17, 15) is 9.90 Å². The number of carbonyl (C=O) groups is 1. The zero-order valence-electron chi connectivity index (χ0n) is 7.99. The second kappa shape index (κ2) is 3.33. The first-order valence-electron chi connectivity index (χ1n) is 4.55.